The Labute approximate surface area is 196 Å². The first-order valence-electron chi connectivity index (χ1n) is 10.6. The molecule has 4 N–H and O–H groups in total. The van der Waals surface area contributed by atoms with Crippen LogP contribution in [0, 0.1) is 0 Å². The summed E-state index contributed by atoms with van der Waals surface area (Å²) in [5.41, 5.74) is 3.55. The second-order valence-electron chi connectivity index (χ2n) is 7.52. The van der Waals surface area contributed by atoms with Crippen molar-refractivity contribution in [3.63, 3.8) is 0 Å². The molecule has 0 saturated carbocycles. The molecule has 0 aliphatic heterocycles. The highest BCUT2D eigenvalue weighted by Gasteiger charge is 2.11. The summed E-state index contributed by atoms with van der Waals surface area (Å²) in [4.78, 5) is 24.6. The zero-order valence-electron chi connectivity index (χ0n) is 18.1. The zero-order chi connectivity index (χ0) is 23.9. The van der Waals surface area contributed by atoms with Crippen LogP contribution in [0.4, 0.5) is 11.4 Å². The Hall–Kier alpha value is -4.84. The Bertz CT molecular complexity index is 1240. The van der Waals surface area contributed by atoms with Crippen LogP contribution in [0.5, 0.6) is 11.5 Å². The molecule has 0 spiro atoms. The van der Waals surface area contributed by atoms with Gasteiger partial charge in [0.2, 0.25) is 0 Å². The number of hydrogen-bond donors (Lipinski definition) is 4. The maximum Gasteiger partial charge on any atom is 0.259 e. The van der Waals surface area contributed by atoms with Crippen LogP contribution in [0.3, 0.4) is 0 Å². The lowest BCUT2D eigenvalue weighted by atomic mass is 10.1. The zero-order valence-corrected chi connectivity index (χ0v) is 18.1. The standard InChI is InChI=1S/C28H22N2O4/c31-25-7-3-1-5-23(25)27(33)29-21-15-11-19(12-16-21)9-10-20-13-17-22(18-14-20)30-28(34)24-6-2-4-8-26(24)32/h1-18,31-32H,(H,29,33)(H,30,34)/b10-9+. The number of carbonyl (C=O) groups excluding carboxylic acids is 2. The number of phenols is 2. The van der Waals surface area contributed by atoms with E-state index >= 15 is 0 Å². The summed E-state index contributed by atoms with van der Waals surface area (Å²) in [6, 6.07) is 27.4. The van der Waals surface area contributed by atoms with Crippen molar-refractivity contribution in [3.05, 3.63) is 119 Å². The molecule has 0 heterocycles. The van der Waals surface area contributed by atoms with Gasteiger partial charge < -0.3 is 20.8 Å². The fourth-order valence-electron chi connectivity index (χ4n) is 3.28. The van der Waals surface area contributed by atoms with Gasteiger partial charge in [-0.15, -0.1) is 0 Å². The van der Waals surface area contributed by atoms with E-state index in [1.165, 1.54) is 12.1 Å². The molecule has 0 aliphatic rings. The monoisotopic (exact) mass is 450 g/mol. The molecule has 4 aromatic carbocycles. The van der Waals surface area contributed by atoms with Gasteiger partial charge in [-0.3, -0.25) is 9.59 Å². The fourth-order valence-corrected chi connectivity index (χ4v) is 3.28. The van der Waals surface area contributed by atoms with Crippen LogP contribution in [-0.4, -0.2) is 22.0 Å². The third-order valence-electron chi connectivity index (χ3n) is 5.10. The van der Waals surface area contributed by atoms with Gasteiger partial charge in [0.1, 0.15) is 11.5 Å². The molecule has 0 radical (unpaired) electrons. The normalized spacial score (nSPS) is 10.7. The number of carbonyl (C=O) groups is 2. The van der Waals surface area contributed by atoms with E-state index in [0.29, 0.717) is 11.4 Å². The van der Waals surface area contributed by atoms with Crippen molar-refractivity contribution in [2.75, 3.05) is 10.6 Å². The molecule has 0 saturated heterocycles. The Morgan fingerprint density at radius 2 is 0.882 bits per heavy atom. The first-order chi connectivity index (χ1) is 16.5. The largest absolute Gasteiger partial charge is 0.507 e. The topological polar surface area (TPSA) is 98.7 Å². The SMILES string of the molecule is O=C(Nc1ccc(/C=C/c2ccc(NC(=O)c3ccccc3O)cc2)cc1)c1ccccc1O. The first-order valence-corrected chi connectivity index (χ1v) is 10.6. The van der Waals surface area contributed by atoms with Gasteiger partial charge in [-0.25, -0.2) is 0 Å². The van der Waals surface area contributed by atoms with Crippen molar-refractivity contribution in [1.82, 2.24) is 0 Å². The predicted molar refractivity (Wildman–Crippen MR) is 134 cm³/mol. The van der Waals surface area contributed by atoms with E-state index < -0.39 is 0 Å². The minimum absolute atomic E-state index is 0.0663. The number of aromatic hydroxyl groups is 2. The lowest BCUT2D eigenvalue weighted by molar-refractivity contribution is 0.101. The smallest absolute Gasteiger partial charge is 0.259 e. The fraction of sp³-hybridized carbons (Fsp3) is 0. The van der Waals surface area contributed by atoms with E-state index in [0.717, 1.165) is 11.1 Å². The third kappa shape index (κ3) is 5.49. The maximum absolute atomic E-state index is 12.3. The number of anilines is 2. The molecule has 168 valence electrons. The van der Waals surface area contributed by atoms with Gasteiger partial charge in [-0.1, -0.05) is 60.7 Å². The summed E-state index contributed by atoms with van der Waals surface area (Å²) in [6.07, 6.45) is 3.87. The summed E-state index contributed by atoms with van der Waals surface area (Å²) in [5, 5.41) is 25.1. The molecule has 0 unspecified atom stereocenters. The lowest BCUT2D eigenvalue weighted by Gasteiger charge is -2.07. The van der Waals surface area contributed by atoms with Gasteiger partial charge in [0.25, 0.3) is 11.8 Å². The van der Waals surface area contributed by atoms with Crippen LogP contribution in [0.25, 0.3) is 12.2 Å². The first kappa shape index (κ1) is 22.4. The van der Waals surface area contributed by atoms with E-state index in [4.69, 9.17) is 0 Å². The van der Waals surface area contributed by atoms with Crippen molar-refractivity contribution in [3.8, 4) is 11.5 Å². The second-order valence-corrected chi connectivity index (χ2v) is 7.52. The predicted octanol–water partition coefficient (Wildman–Crippen LogP) is 5.77. The highest BCUT2D eigenvalue weighted by Crippen LogP contribution is 2.20. The number of nitrogens with one attached hydrogen (secondary N) is 2. The molecule has 0 fully saturated rings. The van der Waals surface area contributed by atoms with Crippen molar-refractivity contribution in [1.29, 1.82) is 0 Å². The number of phenolic OH excluding ortho intramolecular Hbond substituents is 2. The molecule has 4 aromatic rings. The summed E-state index contributed by atoms with van der Waals surface area (Å²) in [7, 11) is 0. The van der Waals surface area contributed by atoms with Crippen molar-refractivity contribution in [2.24, 2.45) is 0 Å². The van der Waals surface area contributed by atoms with E-state index in [9.17, 15) is 19.8 Å². The van der Waals surface area contributed by atoms with E-state index in [2.05, 4.69) is 10.6 Å². The summed E-state index contributed by atoms with van der Waals surface area (Å²) in [5.74, 6) is -0.890. The van der Waals surface area contributed by atoms with Gasteiger partial charge in [0.05, 0.1) is 11.1 Å². The molecule has 0 aliphatic carbocycles. The number of rotatable bonds is 6. The summed E-state index contributed by atoms with van der Waals surface area (Å²) in [6.45, 7) is 0. The number of amides is 2. The average molecular weight is 450 g/mol. The van der Waals surface area contributed by atoms with Crippen LogP contribution >= 0.6 is 0 Å². The van der Waals surface area contributed by atoms with E-state index in [-0.39, 0.29) is 34.4 Å². The average Bonchev–Trinajstić information content (AvgIpc) is 2.85. The van der Waals surface area contributed by atoms with Crippen molar-refractivity contribution < 1.29 is 19.8 Å². The molecule has 0 atom stereocenters. The molecular weight excluding hydrogens is 428 g/mol. The molecule has 4 rings (SSSR count). The summed E-state index contributed by atoms with van der Waals surface area (Å²) < 4.78 is 0. The van der Waals surface area contributed by atoms with Gasteiger partial charge in [0, 0.05) is 11.4 Å². The maximum atomic E-state index is 12.3. The molecule has 0 bridgehead atoms. The third-order valence-corrected chi connectivity index (χ3v) is 5.10. The Balaban J connectivity index is 1.35. The highest BCUT2D eigenvalue weighted by atomic mass is 16.3. The molecular formula is C28H22N2O4. The van der Waals surface area contributed by atoms with Crippen LogP contribution in [0.15, 0.2) is 97.1 Å². The van der Waals surface area contributed by atoms with Crippen molar-refractivity contribution in [2.45, 2.75) is 0 Å². The van der Waals surface area contributed by atoms with Crippen LogP contribution < -0.4 is 10.6 Å². The minimum atomic E-state index is -0.379. The molecule has 6 heteroatoms. The second kappa shape index (κ2) is 10.2. The quantitative estimate of drug-likeness (QED) is 0.280. The van der Waals surface area contributed by atoms with E-state index in [1.54, 1.807) is 60.7 Å². The minimum Gasteiger partial charge on any atom is -0.507 e. The Morgan fingerprint density at radius 1 is 0.529 bits per heavy atom. The highest BCUT2D eigenvalue weighted by molar-refractivity contribution is 6.06. The molecule has 6 nitrogen and oxygen atoms in total. The van der Waals surface area contributed by atoms with Gasteiger partial charge in [-0.2, -0.15) is 0 Å². The lowest BCUT2D eigenvalue weighted by Crippen LogP contribution is -2.11. The van der Waals surface area contributed by atoms with Crippen LogP contribution in [0.1, 0.15) is 31.8 Å². The number of benzene rings is 4. The van der Waals surface area contributed by atoms with Gasteiger partial charge >= 0.3 is 0 Å². The van der Waals surface area contributed by atoms with Gasteiger partial charge in [0.15, 0.2) is 0 Å². The molecule has 34 heavy (non-hydrogen) atoms. The van der Waals surface area contributed by atoms with Gasteiger partial charge in [-0.05, 0) is 59.7 Å². The van der Waals surface area contributed by atoms with E-state index in [1.807, 2.05) is 36.4 Å². The number of hydrogen-bond acceptors (Lipinski definition) is 4. The number of para-hydroxylation sites is 2. The molecule has 2 amide bonds. The Kier molecular flexibility index (Phi) is 6.70. The Morgan fingerprint density at radius 3 is 1.24 bits per heavy atom. The van der Waals surface area contributed by atoms with Crippen LogP contribution in [0.2, 0.25) is 0 Å². The molecule has 0 aromatic heterocycles. The van der Waals surface area contributed by atoms with Crippen LogP contribution in [-0.2, 0) is 0 Å². The summed E-state index contributed by atoms with van der Waals surface area (Å²) >= 11 is 0. The van der Waals surface area contributed by atoms with Crippen molar-refractivity contribution >= 4 is 35.3 Å².